The number of primary amides is 1. The molecule has 0 unspecified atom stereocenters. The molecule has 0 atom stereocenters. The highest BCUT2D eigenvalue weighted by Gasteiger charge is 2.05. The standard InChI is InChI=1S/C9H12N2O4S/c10-9(12)7-11-4-1-8(2-5-11)3-6-16(13,14)15/h1-2,4-5H,3,6-7H2,(H2-,10,12,13,14,15). The number of nitrogens with zero attached hydrogens (tertiary/aromatic N) is 1. The topological polar surface area (TPSA) is 104 Å². The number of carbonyl (C=O) groups excluding carboxylic acids is 1. The van der Waals surface area contributed by atoms with Gasteiger partial charge in [0.05, 0.1) is 10.1 Å². The van der Waals surface area contributed by atoms with E-state index in [1.807, 2.05) is 0 Å². The Hall–Kier alpha value is -1.47. The van der Waals surface area contributed by atoms with Gasteiger partial charge < -0.3 is 10.3 Å². The Bertz CT molecular complexity index is 467. The molecule has 0 saturated heterocycles. The van der Waals surface area contributed by atoms with E-state index in [4.69, 9.17) is 5.73 Å². The highest BCUT2D eigenvalue weighted by Crippen LogP contribution is 1.98. The molecule has 0 aliphatic rings. The summed E-state index contributed by atoms with van der Waals surface area (Å²) < 4.78 is 32.8. The van der Waals surface area contributed by atoms with Gasteiger partial charge in [0.15, 0.2) is 12.4 Å². The molecule has 2 N–H and O–H groups in total. The van der Waals surface area contributed by atoms with Gasteiger partial charge >= 0.3 is 0 Å². The molecule has 6 nitrogen and oxygen atoms in total. The molecule has 0 aliphatic carbocycles. The molecule has 0 bridgehead atoms. The second-order valence-corrected chi connectivity index (χ2v) is 4.88. The van der Waals surface area contributed by atoms with Gasteiger partial charge in [-0.3, -0.25) is 4.79 Å². The molecule has 88 valence electrons. The van der Waals surface area contributed by atoms with Crippen LogP contribution in [0.5, 0.6) is 0 Å². The van der Waals surface area contributed by atoms with Gasteiger partial charge in [-0.15, -0.1) is 0 Å². The van der Waals surface area contributed by atoms with E-state index < -0.39 is 21.8 Å². The predicted molar refractivity (Wildman–Crippen MR) is 54.1 cm³/mol. The second kappa shape index (κ2) is 5.04. The molecular formula is C9H12N2O4S. The van der Waals surface area contributed by atoms with E-state index >= 15 is 0 Å². The first-order valence-corrected chi connectivity index (χ1v) is 6.14. The summed E-state index contributed by atoms with van der Waals surface area (Å²) in [6, 6.07) is 3.29. The van der Waals surface area contributed by atoms with E-state index in [1.54, 1.807) is 29.1 Å². The number of carbonyl (C=O) groups is 1. The van der Waals surface area contributed by atoms with Gasteiger partial charge in [-0.25, -0.2) is 8.42 Å². The fourth-order valence-corrected chi connectivity index (χ4v) is 1.67. The monoisotopic (exact) mass is 244 g/mol. The molecule has 0 saturated carbocycles. The lowest BCUT2D eigenvalue weighted by Crippen LogP contribution is -2.40. The van der Waals surface area contributed by atoms with Gasteiger partial charge in [-0.05, 0) is 12.0 Å². The number of pyridine rings is 1. The van der Waals surface area contributed by atoms with Gasteiger partial charge in [0, 0.05) is 17.9 Å². The van der Waals surface area contributed by atoms with Crippen LogP contribution < -0.4 is 10.3 Å². The zero-order valence-electron chi connectivity index (χ0n) is 8.50. The van der Waals surface area contributed by atoms with Crippen LogP contribution in [0.4, 0.5) is 0 Å². The molecule has 0 fully saturated rings. The summed E-state index contributed by atoms with van der Waals surface area (Å²) >= 11 is 0. The van der Waals surface area contributed by atoms with Gasteiger partial charge in [0.25, 0.3) is 5.91 Å². The number of aromatic nitrogens is 1. The Morgan fingerprint density at radius 1 is 1.38 bits per heavy atom. The molecule has 1 amide bonds. The fourth-order valence-electron chi connectivity index (χ4n) is 1.18. The quantitative estimate of drug-likeness (QED) is 0.505. The van der Waals surface area contributed by atoms with E-state index in [-0.39, 0.29) is 13.0 Å². The molecule has 0 radical (unpaired) electrons. The van der Waals surface area contributed by atoms with Crippen LogP contribution in [-0.4, -0.2) is 24.6 Å². The highest BCUT2D eigenvalue weighted by atomic mass is 32.2. The first kappa shape index (κ1) is 12.6. The second-order valence-electron chi connectivity index (χ2n) is 3.36. The lowest BCUT2D eigenvalue weighted by atomic mass is 10.2. The summed E-state index contributed by atoms with van der Waals surface area (Å²) in [6.45, 7) is 0.0696. The minimum absolute atomic E-state index is 0.0696. The van der Waals surface area contributed by atoms with Crippen LogP contribution in [-0.2, 0) is 27.9 Å². The van der Waals surface area contributed by atoms with Crippen LogP contribution >= 0.6 is 0 Å². The first-order chi connectivity index (χ1) is 7.37. The molecule has 7 heteroatoms. The number of nitrogens with two attached hydrogens (primary N) is 1. The molecule has 0 aliphatic heterocycles. The third-order valence-corrected chi connectivity index (χ3v) is 2.64. The summed E-state index contributed by atoms with van der Waals surface area (Å²) in [6.07, 6.45) is 3.39. The van der Waals surface area contributed by atoms with E-state index in [0.717, 1.165) is 5.56 Å². The minimum atomic E-state index is -4.18. The third-order valence-electron chi connectivity index (χ3n) is 1.94. The van der Waals surface area contributed by atoms with Crippen molar-refractivity contribution in [3.8, 4) is 0 Å². The molecule has 0 aromatic carbocycles. The predicted octanol–water partition coefficient (Wildman–Crippen LogP) is -1.45. The van der Waals surface area contributed by atoms with E-state index in [0.29, 0.717) is 0 Å². The lowest BCUT2D eigenvalue weighted by Gasteiger charge is -2.05. The Morgan fingerprint density at radius 3 is 2.38 bits per heavy atom. The molecule has 1 heterocycles. The van der Waals surface area contributed by atoms with Crippen LogP contribution in [0.1, 0.15) is 5.56 Å². The van der Waals surface area contributed by atoms with Crippen LogP contribution in [0.15, 0.2) is 24.5 Å². The Kier molecular flexibility index (Phi) is 3.97. The maximum absolute atomic E-state index is 10.6. The van der Waals surface area contributed by atoms with Gasteiger partial charge in [-0.2, -0.15) is 4.57 Å². The van der Waals surface area contributed by atoms with Crippen molar-refractivity contribution < 1.29 is 22.3 Å². The van der Waals surface area contributed by atoms with Crippen LogP contribution in [0.25, 0.3) is 0 Å². The van der Waals surface area contributed by atoms with E-state index in [9.17, 15) is 17.8 Å². The normalized spacial score (nSPS) is 11.3. The Balaban J connectivity index is 2.61. The summed E-state index contributed by atoms with van der Waals surface area (Å²) in [5.74, 6) is -0.882. The van der Waals surface area contributed by atoms with Crippen molar-refractivity contribution in [2.75, 3.05) is 5.75 Å². The lowest BCUT2D eigenvalue weighted by molar-refractivity contribution is -0.684. The maximum atomic E-state index is 10.6. The van der Waals surface area contributed by atoms with Gasteiger partial charge in [0.2, 0.25) is 6.54 Å². The van der Waals surface area contributed by atoms with Crippen molar-refractivity contribution in [3.05, 3.63) is 30.1 Å². The average Bonchev–Trinajstić information content (AvgIpc) is 2.14. The Labute approximate surface area is 93.5 Å². The van der Waals surface area contributed by atoms with Crippen LogP contribution in [0.3, 0.4) is 0 Å². The minimum Gasteiger partial charge on any atom is -0.748 e. The zero-order chi connectivity index (χ0) is 12.2. The number of hydrogen-bond acceptors (Lipinski definition) is 4. The molecule has 1 aromatic rings. The van der Waals surface area contributed by atoms with Crippen molar-refractivity contribution in [3.63, 3.8) is 0 Å². The number of amides is 1. The maximum Gasteiger partial charge on any atom is 0.283 e. The van der Waals surface area contributed by atoms with Crippen LogP contribution in [0, 0.1) is 0 Å². The van der Waals surface area contributed by atoms with Gasteiger partial charge in [0.1, 0.15) is 0 Å². The van der Waals surface area contributed by atoms with Crippen molar-refractivity contribution >= 4 is 16.0 Å². The van der Waals surface area contributed by atoms with Crippen molar-refractivity contribution in [1.29, 1.82) is 0 Å². The first-order valence-electron chi connectivity index (χ1n) is 4.57. The number of aryl methyl sites for hydroxylation is 1. The van der Waals surface area contributed by atoms with Crippen LogP contribution in [0.2, 0.25) is 0 Å². The molecule has 0 spiro atoms. The number of rotatable bonds is 5. The van der Waals surface area contributed by atoms with E-state index in [2.05, 4.69) is 0 Å². The molecular weight excluding hydrogens is 232 g/mol. The van der Waals surface area contributed by atoms with Crippen molar-refractivity contribution in [2.24, 2.45) is 5.73 Å². The third kappa shape index (κ3) is 4.85. The summed E-state index contributed by atoms with van der Waals surface area (Å²) in [7, 11) is -4.18. The van der Waals surface area contributed by atoms with Crippen molar-refractivity contribution in [2.45, 2.75) is 13.0 Å². The average molecular weight is 244 g/mol. The fraction of sp³-hybridized carbons (Fsp3) is 0.333. The zero-order valence-corrected chi connectivity index (χ0v) is 9.31. The highest BCUT2D eigenvalue weighted by molar-refractivity contribution is 7.85. The summed E-state index contributed by atoms with van der Waals surface area (Å²) in [4.78, 5) is 10.6. The Morgan fingerprint density at radius 2 is 1.94 bits per heavy atom. The summed E-state index contributed by atoms with van der Waals surface area (Å²) in [5, 5.41) is 0. The molecule has 1 rings (SSSR count). The van der Waals surface area contributed by atoms with Crippen molar-refractivity contribution in [1.82, 2.24) is 0 Å². The SMILES string of the molecule is NC(=O)C[n+]1ccc(CCS(=O)(=O)[O-])cc1. The number of hydrogen-bond donors (Lipinski definition) is 1. The largest absolute Gasteiger partial charge is 0.748 e. The molecule has 16 heavy (non-hydrogen) atoms. The van der Waals surface area contributed by atoms with E-state index in [1.165, 1.54) is 0 Å². The molecule has 1 aromatic heterocycles. The summed E-state index contributed by atoms with van der Waals surface area (Å²) in [5.41, 5.74) is 5.72. The smallest absolute Gasteiger partial charge is 0.283 e. The van der Waals surface area contributed by atoms with Gasteiger partial charge in [-0.1, -0.05) is 0 Å².